The molecule has 3 nitrogen and oxygen atoms in total. The minimum Gasteiger partial charge on any atom is -0.270 e. The monoisotopic (exact) mass is 505 g/mol. The van der Waals surface area contributed by atoms with Crippen LogP contribution in [-0.4, -0.2) is 22.9 Å². The summed E-state index contributed by atoms with van der Waals surface area (Å²) in [6.45, 7) is 0.991. The second kappa shape index (κ2) is 9.26. The van der Waals surface area contributed by atoms with E-state index < -0.39 is 40.6 Å². The summed E-state index contributed by atoms with van der Waals surface area (Å²) in [5.41, 5.74) is 0.343. The van der Waals surface area contributed by atoms with Gasteiger partial charge < -0.3 is 0 Å². The Morgan fingerprint density at radius 1 is 0.971 bits per heavy atom. The van der Waals surface area contributed by atoms with Crippen LogP contribution in [0.3, 0.4) is 0 Å². The number of nitrogens with zero attached hydrogens (tertiary/aromatic N) is 1. The zero-order chi connectivity index (χ0) is 25.5. The maximum atomic E-state index is 14.8. The van der Waals surface area contributed by atoms with Gasteiger partial charge >= 0.3 is 6.18 Å². The van der Waals surface area contributed by atoms with Crippen LogP contribution in [0.1, 0.15) is 48.9 Å². The number of allylic oxidation sites excluding steroid dienone is 1. The van der Waals surface area contributed by atoms with Crippen molar-refractivity contribution in [2.75, 3.05) is 0 Å². The van der Waals surface area contributed by atoms with Crippen molar-refractivity contribution in [3.05, 3.63) is 111 Å². The van der Waals surface area contributed by atoms with Gasteiger partial charge in [0, 0.05) is 5.56 Å². The lowest BCUT2D eigenvalue weighted by atomic mass is 9.95. The third-order valence-corrected chi connectivity index (χ3v) is 5.98. The molecule has 1 heterocycles. The summed E-state index contributed by atoms with van der Waals surface area (Å²) in [5, 5.41) is -0.425. The molecule has 0 radical (unpaired) electrons. The van der Waals surface area contributed by atoms with Crippen molar-refractivity contribution in [3.63, 3.8) is 0 Å². The smallest absolute Gasteiger partial charge is 0.270 e. The van der Waals surface area contributed by atoms with Crippen molar-refractivity contribution in [2.45, 2.75) is 25.6 Å². The molecule has 0 saturated heterocycles. The Hall–Kier alpha value is -3.52. The third-order valence-electron chi connectivity index (χ3n) is 5.71. The number of rotatable bonds is 5. The molecule has 35 heavy (non-hydrogen) atoms. The van der Waals surface area contributed by atoms with Crippen molar-refractivity contribution in [1.29, 1.82) is 0 Å². The molecule has 0 aliphatic carbocycles. The number of carbonyl (C=O) groups is 2. The average molecular weight is 506 g/mol. The van der Waals surface area contributed by atoms with Crippen molar-refractivity contribution in [2.24, 2.45) is 0 Å². The Bertz CT molecular complexity index is 1310. The van der Waals surface area contributed by atoms with E-state index in [0.29, 0.717) is 0 Å². The highest BCUT2D eigenvalue weighted by Gasteiger charge is 2.39. The van der Waals surface area contributed by atoms with Gasteiger partial charge in [0.2, 0.25) is 0 Å². The lowest BCUT2D eigenvalue weighted by Gasteiger charge is -2.18. The molecule has 0 spiro atoms. The Morgan fingerprint density at radius 3 is 2.14 bits per heavy atom. The molecular weight excluding hydrogens is 489 g/mol. The number of halogens is 6. The van der Waals surface area contributed by atoms with Crippen molar-refractivity contribution < 1.29 is 31.5 Å². The molecule has 9 heteroatoms. The minimum absolute atomic E-state index is 0.0290. The standard InChI is InChI=1S/C26H17ClF5NO2/c1-14-10-17(12-21(27)23(14)29)20(26(30,31)32)9-7-15-6-8-16(22(28)11-15)13-33-24(34)18-4-2-3-5-19(18)25(33)35/h2-12,20H,13H2,1H3/b9-7+. The Morgan fingerprint density at radius 2 is 1.60 bits per heavy atom. The summed E-state index contributed by atoms with van der Waals surface area (Å²) in [4.78, 5) is 25.9. The number of benzene rings is 3. The van der Waals surface area contributed by atoms with Gasteiger partial charge in [-0.2, -0.15) is 13.2 Å². The fraction of sp³-hybridized carbons (Fsp3) is 0.154. The number of aryl methyl sites for hydroxylation is 1. The fourth-order valence-electron chi connectivity index (χ4n) is 3.90. The molecule has 2 amide bonds. The fourth-order valence-corrected chi connectivity index (χ4v) is 4.17. The number of hydrogen-bond donors (Lipinski definition) is 0. The van der Waals surface area contributed by atoms with Gasteiger partial charge in [-0.3, -0.25) is 14.5 Å². The Kier molecular flexibility index (Phi) is 6.51. The number of carbonyl (C=O) groups excluding carboxylic acids is 2. The van der Waals surface area contributed by atoms with Gasteiger partial charge in [0.05, 0.1) is 28.6 Å². The van der Waals surface area contributed by atoms with Gasteiger partial charge in [-0.15, -0.1) is 0 Å². The summed E-state index contributed by atoms with van der Waals surface area (Å²) >= 11 is 5.72. The second-order valence-corrected chi connectivity index (χ2v) is 8.51. The van der Waals surface area contributed by atoms with Crippen molar-refractivity contribution >= 4 is 29.5 Å². The highest BCUT2D eigenvalue weighted by Crippen LogP contribution is 2.38. The summed E-state index contributed by atoms with van der Waals surface area (Å²) in [5.74, 6) is -4.77. The lowest BCUT2D eigenvalue weighted by molar-refractivity contribution is -0.139. The van der Waals surface area contributed by atoms with Crippen LogP contribution >= 0.6 is 11.6 Å². The molecular formula is C26H17ClF5NO2. The van der Waals surface area contributed by atoms with Gasteiger partial charge in [-0.25, -0.2) is 8.78 Å². The van der Waals surface area contributed by atoms with Crippen molar-refractivity contribution in [1.82, 2.24) is 4.90 Å². The predicted octanol–water partition coefficient (Wildman–Crippen LogP) is 7.08. The van der Waals surface area contributed by atoms with E-state index in [1.165, 1.54) is 31.2 Å². The van der Waals surface area contributed by atoms with Crippen LogP contribution in [0.15, 0.2) is 60.7 Å². The highest BCUT2D eigenvalue weighted by molar-refractivity contribution is 6.30. The maximum Gasteiger partial charge on any atom is 0.399 e. The van der Waals surface area contributed by atoms with Crippen molar-refractivity contribution in [3.8, 4) is 0 Å². The summed E-state index contributed by atoms with van der Waals surface area (Å²) < 4.78 is 69.6. The molecule has 1 aliphatic rings. The normalized spacial score (nSPS) is 14.7. The first kappa shape index (κ1) is 24.6. The van der Waals surface area contributed by atoms with E-state index in [0.717, 1.165) is 35.3 Å². The predicted molar refractivity (Wildman–Crippen MR) is 121 cm³/mol. The molecule has 0 saturated carbocycles. The number of imide groups is 1. The van der Waals surface area contributed by atoms with E-state index in [9.17, 15) is 31.5 Å². The number of fused-ring (bicyclic) bond motifs is 1. The van der Waals surface area contributed by atoms with E-state index in [1.54, 1.807) is 12.1 Å². The number of alkyl halides is 3. The van der Waals surface area contributed by atoms with Crippen LogP contribution in [0.25, 0.3) is 6.08 Å². The maximum absolute atomic E-state index is 14.8. The topological polar surface area (TPSA) is 37.4 Å². The molecule has 0 bridgehead atoms. The Balaban J connectivity index is 1.57. The van der Waals surface area contributed by atoms with E-state index in [1.807, 2.05) is 0 Å². The Labute approximate surface area is 202 Å². The van der Waals surface area contributed by atoms with Gasteiger partial charge in [0.1, 0.15) is 11.6 Å². The summed E-state index contributed by atoms with van der Waals surface area (Å²) in [6, 6.07) is 11.9. The summed E-state index contributed by atoms with van der Waals surface area (Å²) in [6.07, 6.45) is -2.77. The number of hydrogen-bond acceptors (Lipinski definition) is 2. The van der Waals surface area contributed by atoms with E-state index in [-0.39, 0.29) is 39.9 Å². The first-order valence-electron chi connectivity index (χ1n) is 10.4. The first-order chi connectivity index (χ1) is 16.5. The van der Waals surface area contributed by atoms with Gasteiger partial charge in [-0.05, 0) is 47.9 Å². The molecule has 1 aliphatic heterocycles. The van der Waals surface area contributed by atoms with Crippen LogP contribution < -0.4 is 0 Å². The van der Waals surface area contributed by atoms with Crippen LogP contribution in [0, 0.1) is 18.6 Å². The molecule has 180 valence electrons. The molecule has 1 unspecified atom stereocenters. The van der Waals surface area contributed by atoms with Crippen LogP contribution in [0.4, 0.5) is 22.0 Å². The van der Waals surface area contributed by atoms with Gasteiger partial charge in [0.15, 0.2) is 0 Å². The molecule has 3 aromatic rings. The van der Waals surface area contributed by atoms with Gasteiger partial charge in [-0.1, -0.05) is 54.1 Å². The molecule has 1 atom stereocenters. The molecule has 3 aromatic carbocycles. The third kappa shape index (κ3) is 4.84. The molecule has 4 rings (SSSR count). The summed E-state index contributed by atoms with van der Waals surface area (Å²) in [7, 11) is 0. The van der Waals surface area contributed by atoms with Crippen LogP contribution in [0.2, 0.25) is 5.02 Å². The molecule has 0 N–H and O–H groups in total. The number of amides is 2. The highest BCUT2D eigenvalue weighted by atomic mass is 35.5. The van der Waals surface area contributed by atoms with E-state index in [4.69, 9.17) is 11.6 Å². The molecule has 0 aromatic heterocycles. The van der Waals surface area contributed by atoms with Gasteiger partial charge in [0.25, 0.3) is 11.8 Å². The van der Waals surface area contributed by atoms with Crippen LogP contribution in [-0.2, 0) is 6.54 Å². The quantitative estimate of drug-likeness (QED) is 0.274. The zero-order valence-corrected chi connectivity index (χ0v) is 18.9. The van der Waals surface area contributed by atoms with Crippen LogP contribution in [0.5, 0.6) is 0 Å². The largest absolute Gasteiger partial charge is 0.399 e. The second-order valence-electron chi connectivity index (χ2n) is 8.10. The minimum atomic E-state index is -4.70. The first-order valence-corrected chi connectivity index (χ1v) is 10.8. The van der Waals surface area contributed by atoms with E-state index in [2.05, 4.69) is 0 Å². The lowest BCUT2D eigenvalue weighted by Crippen LogP contribution is -2.29. The van der Waals surface area contributed by atoms with E-state index >= 15 is 0 Å². The zero-order valence-electron chi connectivity index (χ0n) is 18.2. The SMILES string of the molecule is Cc1cc(C(/C=C/c2ccc(CN3C(=O)c4ccccc4C3=O)c(F)c2)C(F)(F)F)cc(Cl)c1F. The average Bonchev–Trinajstić information content (AvgIpc) is 3.03. The molecule has 0 fully saturated rings.